The van der Waals surface area contributed by atoms with Crippen LogP contribution in [0.15, 0.2) is 71.6 Å². The minimum absolute atomic E-state index is 0.228. The lowest BCUT2D eigenvalue weighted by molar-refractivity contribution is -0.136. The van der Waals surface area contributed by atoms with Crippen LogP contribution in [-0.2, 0) is 30.8 Å². The Kier molecular flexibility index (Phi) is 7.02. The van der Waals surface area contributed by atoms with Crippen molar-refractivity contribution in [1.29, 1.82) is 0 Å². The van der Waals surface area contributed by atoms with Gasteiger partial charge in [0.05, 0.1) is 18.1 Å². The van der Waals surface area contributed by atoms with Gasteiger partial charge in [-0.05, 0) is 35.6 Å². The van der Waals surface area contributed by atoms with E-state index in [0.717, 1.165) is 16.3 Å². The van der Waals surface area contributed by atoms with Crippen molar-refractivity contribution in [2.75, 3.05) is 38.2 Å². The molecule has 0 aromatic heterocycles. The molecule has 0 atom stereocenters. The lowest BCUT2D eigenvalue weighted by Gasteiger charge is -2.26. The molecule has 33 heavy (non-hydrogen) atoms. The van der Waals surface area contributed by atoms with Gasteiger partial charge in [0.1, 0.15) is 0 Å². The normalized spacial score (nSPS) is 14.7. The second-order valence-electron chi connectivity index (χ2n) is 7.65. The SMILES string of the molecule is O=C(NCCc1ccc(S(=O)(=O)N2CCOCC2)cc1)C(=O)Nc1cccc2ccccc12. The molecule has 3 aromatic carbocycles. The molecule has 8 nitrogen and oxygen atoms in total. The lowest BCUT2D eigenvalue weighted by atomic mass is 10.1. The Morgan fingerprint density at radius 3 is 2.33 bits per heavy atom. The van der Waals surface area contributed by atoms with Crippen molar-refractivity contribution in [3.05, 3.63) is 72.3 Å². The van der Waals surface area contributed by atoms with Crippen molar-refractivity contribution < 1.29 is 22.7 Å². The van der Waals surface area contributed by atoms with Crippen LogP contribution in [0.25, 0.3) is 10.8 Å². The fourth-order valence-electron chi connectivity index (χ4n) is 3.68. The van der Waals surface area contributed by atoms with Gasteiger partial charge in [0.2, 0.25) is 10.0 Å². The number of sulfonamides is 1. The number of morpholine rings is 1. The first-order valence-corrected chi connectivity index (χ1v) is 12.1. The molecule has 4 rings (SSSR count). The molecule has 1 saturated heterocycles. The summed E-state index contributed by atoms with van der Waals surface area (Å²) in [6.07, 6.45) is 0.463. The third kappa shape index (κ3) is 5.39. The summed E-state index contributed by atoms with van der Waals surface area (Å²) in [5, 5.41) is 7.08. The molecular formula is C24H25N3O5S. The van der Waals surface area contributed by atoms with Crippen LogP contribution >= 0.6 is 0 Å². The lowest BCUT2D eigenvalue weighted by Crippen LogP contribution is -2.40. The maximum absolute atomic E-state index is 12.7. The highest BCUT2D eigenvalue weighted by atomic mass is 32.2. The number of ether oxygens (including phenoxy) is 1. The van der Waals surface area contributed by atoms with Gasteiger partial charge >= 0.3 is 11.8 Å². The van der Waals surface area contributed by atoms with Gasteiger partial charge in [-0.3, -0.25) is 9.59 Å². The second-order valence-corrected chi connectivity index (χ2v) is 9.59. The molecule has 2 amide bonds. The maximum atomic E-state index is 12.7. The molecule has 0 saturated carbocycles. The zero-order valence-corrected chi connectivity index (χ0v) is 18.8. The molecule has 0 bridgehead atoms. The van der Waals surface area contributed by atoms with Crippen LogP contribution in [0.3, 0.4) is 0 Å². The molecule has 1 aliphatic rings. The van der Waals surface area contributed by atoms with E-state index in [4.69, 9.17) is 4.74 Å². The van der Waals surface area contributed by atoms with Crippen molar-refractivity contribution in [2.45, 2.75) is 11.3 Å². The van der Waals surface area contributed by atoms with Crippen LogP contribution < -0.4 is 10.6 Å². The monoisotopic (exact) mass is 467 g/mol. The van der Waals surface area contributed by atoms with E-state index >= 15 is 0 Å². The van der Waals surface area contributed by atoms with E-state index in [1.54, 1.807) is 30.3 Å². The Labute approximate surface area is 192 Å². The zero-order valence-electron chi connectivity index (χ0n) is 18.0. The van der Waals surface area contributed by atoms with Gasteiger partial charge in [-0.2, -0.15) is 4.31 Å². The number of hydrogen-bond donors (Lipinski definition) is 2. The van der Waals surface area contributed by atoms with Crippen molar-refractivity contribution in [2.24, 2.45) is 0 Å². The van der Waals surface area contributed by atoms with Gasteiger partial charge in [-0.25, -0.2) is 8.42 Å². The number of carbonyl (C=O) groups is 2. The largest absolute Gasteiger partial charge is 0.379 e. The Morgan fingerprint density at radius 1 is 0.879 bits per heavy atom. The highest BCUT2D eigenvalue weighted by molar-refractivity contribution is 7.89. The van der Waals surface area contributed by atoms with Crippen molar-refractivity contribution in [1.82, 2.24) is 9.62 Å². The molecule has 9 heteroatoms. The van der Waals surface area contributed by atoms with Crippen molar-refractivity contribution in [3.63, 3.8) is 0 Å². The zero-order chi connectivity index (χ0) is 23.3. The van der Waals surface area contributed by atoms with Crippen LogP contribution in [0.4, 0.5) is 5.69 Å². The summed E-state index contributed by atoms with van der Waals surface area (Å²) in [7, 11) is -3.54. The average molecular weight is 468 g/mol. The molecule has 0 radical (unpaired) electrons. The van der Waals surface area contributed by atoms with E-state index in [1.165, 1.54) is 4.31 Å². The second kappa shape index (κ2) is 10.1. The van der Waals surface area contributed by atoms with Gasteiger partial charge in [0.25, 0.3) is 0 Å². The van der Waals surface area contributed by atoms with Gasteiger partial charge < -0.3 is 15.4 Å². The Balaban J connectivity index is 1.30. The van der Waals surface area contributed by atoms with Crippen molar-refractivity contribution in [3.8, 4) is 0 Å². The number of hydrogen-bond acceptors (Lipinski definition) is 5. The molecule has 1 fully saturated rings. The first kappa shape index (κ1) is 22.9. The molecule has 2 N–H and O–H groups in total. The van der Waals surface area contributed by atoms with Crippen LogP contribution in [0.1, 0.15) is 5.56 Å². The van der Waals surface area contributed by atoms with E-state index < -0.39 is 21.8 Å². The van der Waals surface area contributed by atoms with E-state index in [2.05, 4.69) is 10.6 Å². The van der Waals surface area contributed by atoms with Gasteiger partial charge in [0, 0.05) is 30.7 Å². The van der Waals surface area contributed by atoms with Crippen LogP contribution in [-0.4, -0.2) is 57.4 Å². The highest BCUT2D eigenvalue weighted by Crippen LogP contribution is 2.23. The Hall–Kier alpha value is -3.27. The number of amides is 2. The first-order chi connectivity index (χ1) is 15.9. The molecule has 1 aliphatic heterocycles. The average Bonchev–Trinajstić information content (AvgIpc) is 2.85. The maximum Gasteiger partial charge on any atom is 0.313 e. The summed E-state index contributed by atoms with van der Waals surface area (Å²) in [6, 6.07) is 19.7. The van der Waals surface area contributed by atoms with E-state index in [0.29, 0.717) is 38.4 Å². The number of carbonyl (C=O) groups excluding carboxylic acids is 2. The molecule has 0 aliphatic carbocycles. The number of anilines is 1. The minimum atomic E-state index is -3.54. The van der Waals surface area contributed by atoms with E-state index in [9.17, 15) is 18.0 Å². The van der Waals surface area contributed by atoms with Crippen LogP contribution in [0.5, 0.6) is 0 Å². The number of nitrogens with zero attached hydrogens (tertiary/aromatic N) is 1. The minimum Gasteiger partial charge on any atom is -0.379 e. The highest BCUT2D eigenvalue weighted by Gasteiger charge is 2.26. The van der Waals surface area contributed by atoms with E-state index in [-0.39, 0.29) is 11.4 Å². The molecular weight excluding hydrogens is 442 g/mol. The number of nitrogens with one attached hydrogen (secondary N) is 2. The van der Waals surface area contributed by atoms with Crippen LogP contribution in [0.2, 0.25) is 0 Å². The predicted molar refractivity (Wildman–Crippen MR) is 125 cm³/mol. The summed E-state index contributed by atoms with van der Waals surface area (Å²) in [4.78, 5) is 24.7. The molecule has 3 aromatic rings. The topological polar surface area (TPSA) is 105 Å². The summed E-state index contributed by atoms with van der Waals surface area (Å²) < 4.78 is 32.0. The molecule has 172 valence electrons. The third-order valence-corrected chi connectivity index (χ3v) is 7.39. The molecule has 1 heterocycles. The van der Waals surface area contributed by atoms with Gasteiger partial charge in [-0.15, -0.1) is 0 Å². The van der Waals surface area contributed by atoms with Gasteiger partial charge in [-0.1, -0.05) is 48.5 Å². The Bertz CT molecular complexity index is 1250. The molecule has 0 unspecified atom stereocenters. The first-order valence-electron chi connectivity index (χ1n) is 10.7. The third-order valence-electron chi connectivity index (χ3n) is 5.47. The van der Waals surface area contributed by atoms with Crippen molar-refractivity contribution >= 4 is 38.3 Å². The van der Waals surface area contributed by atoms with E-state index in [1.807, 2.05) is 36.4 Å². The molecule has 0 spiro atoms. The summed E-state index contributed by atoms with van der Waals surface area (Å²) in [6.45, 7) is 1.72. The number of benzene rings is 3. The number of rotatable bonds is 6. The van der Waals surface area contributed by atoms with Crippen LogP contribution in [0, 0.1) is 0 Å². The quantitative estimate of drug-likeness (QED) is 0.541. The summed E-state index contributed by atoms with van der Waals surface area (Å²) in [5.41, 5.74) is 1.43. The Morgan fingerprint density at radius 2 is 1.58 bits per heavy atom. The summed E-state index contributed by atoms with van der Waals surface area (Å²) in [5.74, 6) is -1.47. The fourth-order valence-corrected chi connectivity index (χ4v) is 5.09. The van der Waals surface area contributed by atoms with Gasteiger partial charge in [0.15, 0.2) is 0 Å². The number of fused-ring (bicyclic) bond motifs is 1. The predicted octanol–water partition coefficient (Wildman–Crippen LogP) is 2.16. The standard InChI is InChI=1S/C24H25N3O5S/c28-23(24(29)26-22-7-3-5-19-4-1-2-6-21(19)22)25-13-12-18-8-10-20(11-9-18)33(30,31)27-14-16-32-17-15-27/h1-11H,12-17H2,(H,25,28)(H,26,29). The smallest absolute Gasteiger partial charge is 0.313 e. The fraction of sp³-hybridized carbons (Fsp3) is 0.250. The summed E-state index contributed by atoms with van der Waals surface area (Å²) >= 11 is 0.